The molecule has 0 amide bonds. The van der Waals surface area contributed by atoms with Gasteiger partial charge < -0.3 is 4.90 Å². The van der Waals surface area contributed by atoms with Crippen molar-refractivity contribution in [3.8, 4) is 11.4 Å². The Morgan fingerprint density at radius 2 is 2.00 bits per heavy atom. The molecule has 0 radical (unpaired) electrons. The molecule has 1 aliphatic heterocycles. The van der Waals surface area contributed by atoms with Crippen LogP contribution in [0.5, 0.6) is 0 Å². The highest BCUT2D eigenvalue weighted by Gasteiger charge is 2.22. The van der Waals surface area contributed by atoms with Gasteiger partial charge in [0.05, 0.1) is 17.6 Å². The fraction of sp³-hybridized carbons (Fsp3) is 0.632. The molecule has 3 heterocycles. The lowest BCUT2D eigenvalue weighted by Gasteiger charge is -2.35. The minimum Gasteiger partial charge on any atom is -0.301 e. The third-order valence-electron chi connectivity index (χ3n) is 4.88. The molecule has 0 bridgehead atoms. The topological polar surface area (TPSA) is 46.8 Å². The van der Waals surface area contributed by atoms with Crippen molar-refractivity contribution in [2.45, 2.75) is 59.0 Å². The Bertz CT molecular complexity index is 661. The highest BCUT2D eigenvalue weighted by molar-refractivity contribution is 5.53. The Kier molecular flexibility index (Phi) is 5.29. The normalized spacial score (nSPS) is 19.3. The van der Waals surface area contributed by atoms with E-state index in [0.717, 1.165) is 23.5 Å². The summed E-state index contributed by atoms with van der Waals surface area (Å²) in [6, 6.07) is 2.97. The van der Waals surface area contributed by atoms with Gasteiger partial charge in [-0.05, 0) is 65.5 Å². The number of nitrogens with zero attached hydrogens (tertiary/aromatic N) is 5. The average molecular weight is 327 g/mol. The summed E-state index contributed by atoms with van der Waals surface area (Å²) >= 11 is 0. The van der Waals surface area contributed by atoms with Crippen LogP contribution in [0.15, 0.2) is 24.7 Å². The van der Waals surface area contributed by atoms with Crippen LogP contribution in [-0.2, 0) is 6.42 Å². The summed E-state index contributed by atoms with van der Waals surface area (Å²) in [4.78, 5) is 11.9. The van der Waals surface area contributed by atoms with Crippen molar-refractivity contribution in [2.24, 2.45) is 5.92 Å². The number of rotatable bonds is 5. The van der Waals surface area contributed by atoms with Crippen LogP contribution in [0.2, 0.25) is 0 Å². The lowest BCUT2D eigenvalue weighted by Crippen LogP contribution is -2.40. The van der Waals surface area contributed by atoms with E-state index in [4.69, 9.17) is 4.98 Å². The lowest BCUT2D eigenvalue weighted by molar-refractivity contribution is 0.139. The molecule has 0 spiro atoms. The Morgan fingerprint density at radius 1 is 1.17 bits per heavy atom. The number of likely N-dealkylation sites (tertiary alicyclic amines) is 1. The van der Waals surface area contributed by atoms with Crippen molar-refractivity contribution in [3.63, 3.8) is 0 Å². The van der Waals surface area contributed by atoms with E-state index in [1.54, 1.807) is 0 Å². The molecule has 5 heteroatoms. The van der Waals surface area contributed by atoms with E-state index in [1.165, 1.54) is 25.9 Å². The first-order valence-electron chi connectivity index (χ1n) is 9.13. The minimum atomic E-state index is 0.318. The summed E-state index contributed by atoms with van der Waals surface area (Å²) in [5, 5.41) is 4.41. The molecule has 2 aromatic rings. The summed E-state index contributed by atoms with van der Waals surface area (Å²) in [5.74, 6) is 0.681. The molecular formula is C19H29N5. The Balaban J connectivity index is 1.75. The molecule has 130 valence electrons. The van der Waals surface area contributed by atoms with E-state index in [2.05, 4.69) is 42.7 Å². The molecule has 2 aromatic heterocycles. The van der Waals surface area contributed by atoms with Crippen LogP contribution in [0, 0.1) is 5.92 Å². The molecule has 1 saturated heterocycles. The van der Waals surface area contributed by atoms with Crippen LogP contribution in [0.4, 0.5) is 0 Å². The number of aromatic nitrogens is 4. The zero-order valence-electron chi connectivity index (χ0n) is 15.3. The van der Waals surface area contributed by atoms with Crippen molar-refractivity contribution < 1.29 is 0 Å². The predicted molar refractivity (Wildman–Crippen MR) is 96.8 cm³/mol. The summed E-state index contributed by atoms with van der Waals surface area (Å²) in [6.45, 7) is 11.2. The summed E-state index contributed by atoms with van der Waals surface area (Å²) < 4.78 is 2.01. The molecule has 1 unspecified atom stereocenters. The molecule has 3 rings (SSSR count). The maximum absolute atomic E-state index is 4.88. The van der Waals surface area contributed by atoms with Gasteiger partial charge in [0.2, 0.25) is 0 Å². The molecule has 1 fully saturated rings. The van der Waals surface area contributed by atoms with Gasteiger partial charge in [0.1, 0.15) is 5.69 Å². The molecule has 0 aromatic carbocycles. The van der Waals surface area contributed by atoms with Crippen LogP contribution < -0.4 is 0 Å². The number of piperidine rings is 1. The van der Waals surface area contributed by atoms with Gasteiger partial charge in [-0.1, -0.05) is 0 Å². The highest BCUT2D eigenvalue weighted by atomic mass is 15.3. The Hall–Kier alpha value is -1.75. The number of hydrogen-bond donors (Lipinski definition) is 0. The average Bonchev–Trinajstić information content (AvgIpc) is 3.05. The minimum absolute atomic E-state index is 0.318. The van der Waals surface area contributed by atoms with E-state index in [9.17, 15) is 0 Å². The summed E-state index contributed by atoms with van der Waals surface area (Å²) in [7, 11) is 0. The third kappa shape index (κ3) is 3.83. The smallest absolute Gasteiger partial charge is 0.107 e. The summed E-state index contributed by atoms with van der Waals surface area (Å²) in [6.07, 6.45) is 9.20. The van der Waals surface area contributed by atoms with Crippen molar-refractivity contribution in [3.05, 3.63) is 30.4 Å². The van der Waals surface area contributed by atoms with E-state index in [1.807, 2.05) is 29.3 Å². The first-order chi connectivity index (χ1) is 11.5. The monoisotopic (exact) mass is 327 g/mol. The second kappa shape index (κ2) is 7.43. The van der Waals surface area contributed by atoms with E-state index >= 15 is 0 Å². The van der Waals surface area contributed by atoms with Gasteiger partial charge in [0.25, 0.3) is 0 Å². The standard InChI is InChI=1S/C19H29N5/c1-14(2)23-9-5-6-16(13-23)10-17-11-20-12-18(22-17)19-7-8-21-24(19)15(3)4/h7-8,11-12,14-16H,5-6,9-10,13H2,1-4H3. The first-order valence-corrected chi connectivity index (χ1v) is 9.13. The van der Waals surface area contributed by atoms with Gasteiger partial charge in [-0.2, -0.15) is 5.10 Å². The second-order valence-electron chi connectivity index (χ2n) is 7.45. The van der Waals surface area contributed by atoms with Gasteiger partial charge in [-0.25, -0.2) is 4.98 Å². The molecule has 5 nitrogen and oxygen atoms in total. The van der Waals surface area contributed by atoms with Crippen molar-refractivity contribution >= 4 is 0 Å². The fourth-order valence-corrected chi connectivity index (χ4v) is 3.59. The third-order valence-corrected chi connectivity index (χ3v) is 4.88. The zero-order valence-corrected chi connectivity index (χ0v) is 15.3. The van der Waals surface area contributed by atoms with Crippen molar-refractivity contribution in [1.29, 1.82) is 0 Å². The molecule has 0 N–H and O–H groups in total. The van der Waals surface area contributed by atoms with Crippen LogP contribution in [0.3, 0.4) is 0 Å². The van der Waals surface area contributed by atoms with Gasteiger partial charge in [0.15, 0.2) is 0 Å². The quantitative estimate of drug-likeness (QED) is 0.842. The molecule has 24 heavy (non-hydrogen) atoms. The van der Waals surface area contributed by atoms with E-state index in [-0.39, 0.29) is 0 Å². The van der Waals surface area contributed by atoms with Crippen LogP contribution >= 0.6 is 0 Å². The van der Waals surface area contributed by atoms with Crippen molar-refractivity contribution in [2.75, 3.05) is 13.1 Å². The van der Waals surface area contributed by atoms with Crippen LogP contribution in [0.1, 0.15) is 52.3 Å². The summed E-state index contributed by atoms with van der Waals surface area (Å²) in [5.41, 5.74) is 3.07. The highest BCUT2D eigenvalue weighted by Crippen LogP contribution is 2.23. The lowest BCUT2D eigenvalue weighted by atomic mass is 9.93. The molecular weight excluding hydrogens is 298 g/mol. The maximum Gasteiger partial charge on any atom is 0.107 e. The largest absolute Gasteiger partial charge is 0.301 e. The van der Waals surface area contributed by atoms with Crippen LogP contribution in [-0.4, -0.2) is 43.8 Å². The zero-order chi connectivity index (χ0) is 17.1. The predicted octanol–water partition coefficient (Wildman–Crippen LogP) is 3.58. The Morgan fingerprint density at radius 3 is 2.75 bits per heavy atom. The fourth-order valence-electron chi connectivity index (χ4n) is 3.59. The number of hydrogen-bond acceptors (Lipinski definition) is 4. The van der Waals surface area contributed by atoms with Crippen LogP contribution in [0.25, 0.3) is 11.4 Å². The maximum atomic E-state index is 4.88. The molecule has 1 atom stereocenters. The van der Waals surface area contributed by atoms with Gasteiger partial charge in [-0.15, -0.1) is 0 Å². The van der Waals surface area contributed by atoms with Crippen molar-refractivity contribution in [1.82, 2.24) is 24.6 Å². The SMILES string of the molecule is CC(C)N1CCCC(Cc2cncc(-c3ccnn3C(C)C)n2)C1. The van der Waals surface area contributed by atoms with E-state index < -0.39 is 0 Å². The second-order valence-corrected chi connectivity index (χ2v) is 7.45. The van der Waals surface area contributed by atoms with Gasteiger partial charge in [0, 0.05) is 31.0 Å². The van der Waals surface area contributed by atoms with E-state index in [0.29, 0.717) is 18.0 Å². The molecule has 1 aliphatic rings. The Labute approximate surface area is 145 Å². The molecule has 0 aliphatic carbocycles. The van der Waals surface area contributed by atoms with Gasteiger partial charge in [-0.3, -0.25) is 9.67 Å². The van der Waals surface area contributed by atoms with Gasteiger partial charge >= 0.3 is 0 Å². The molecule has 0 saturated carbocycles. The first kappa shape index (κ1) is 17.1.